The molecular formula is C16H11FN4. The van der Waals surface area contributed by atoms with Gasteiger partial charge in [-0.3, -0.25) is 0 Å². The Morgan fingerprint density at radius 2 is 1.95 bits per heavy atom. The highest BCUT2D eigenvalue weighted by Crippen LogP contribution is 2.16. The molecule has 0 saturated carbocycles. The minimum Gasteiger partial charge on any atom is -0.204 e. The second kappa shape index (κ2) is 5.17. The summed E-state index contributed by atoms with van der Waals surface area (Å²) < 4.78 is 13.6. The van der Waals surface area contributed by atoms with Crippen molar-refractivity contribution in [3.8, 4) is 6.07 Å². The third kappa shape index (κ3) is 2.51. The fraction of sp³-hybridized carbons (Fsp3) is 0.0625. The summed E-state index contributed by atoms with van der Waals surface area (Å²) in [5, 5.41) is 17.4. The molecule has 1 heterocycles. The van der Waals surface area contributed by atoms with Gasteiger partial charge in [0.2, 0.25) is 0 Å². The van der Waals surface area contributed by atoms with Crippen molar-refractivity contribution in [2.75, 3.05) is 0 Å². The monoisotopic (exact) mass is 278 g/mol. The van der Waals surface area contributed by atoms with Crippen molar-refractivity contribution in [3.63, 3.8) is 0 Å². The number of benzene rings is 2. The summed E-state index contributed by atoms with van der Waals surface area (Å²) in [6.45, 7) is 1.99. The van der Waals surface area contributed by atoms with Crippen LogP contribution >= 0.6 is 0 Å². The molecule has 3 aromatic rings. The number of halogens is 1. The molecule has 5 heteroatoms. The number of hydrogen-bond acceptors (Lipinski definition) is 3. The van der Waals surface area contributed by atoms with Crippen LogP contribution in [0.5, 0.6) is 0 Å². The minimum atomic E-state index is -0.452. The number of rotatable bonds is 2. The van der Waals surface area contributed by atoms with Crippen LogP contribution in [0.3, 0.4) is 0 Å². The average molecular weight is 278 g/mol. The maximum absolute atomic E-state index is 13.6. The highest BCUT2D eigenvalue weighted by atomic mass is 19.1. The number of nitriles is 1. The molecule has 0 aliphatic carbocycles. The predicted molar refractivity (Wildman–Crippen MR) is 78.4 cm³/mol. The lowest BCUT2D eigenvalue weighted by Gasteiger charge is -1.98. The van der Waals surface area contributed by atoms with E-state index in [0.717, 1.165) is 15.9 Å². The van der Waals surface area contributed by atoms with E-state index in [-0.39, 0.29) is 11.2 Å². The van der Waals surface area contributed by atoms with E-state index in [1.54, 1.807) is 18.2 Å². The van der Waals surface area contributed by atoms with Crippen LogP contribution < -0.4 is 0 Å². The first-order valence-corrected chi connectivity index (χ1v) is 6.38. The van der Waals surface area contributed by atoms with Gasteiger partial charge < -0.3 is 0 Å². The molecule has 102 valence electrons. The van der Waals surface area contributed by atoms with Crippen LogP contribution in [-0.2, 0) is 0 Å². The molecule has 0 bridgehead atoms. The number of hydrogen-bond donors (Lipinski definition) is 0. The van der Waals surface area contributed by atoms with Gasteiger partial charge in [-0.1, -0.05) is 35.9 Å². The van der Waals surface area contributed by atoms with Crippen molar-refractivity contribution in [3.05, 3.63) is 59.4 Å². The van der Waals surface area contributed by atoms with Gasteiger partial charge in [-0.05, 0) is 30.7 Å². The van der Waals surface area contributed by atoms with Crippen molar-refractivity contribution in [1.29, 1.82) is 5.26 Å². The van der Waals surface area contributed by atoms with E-state index in [1.165, 1.54) is 6.07 Å². The maximum Gasteiger partial charge on any atom is 0.163 e. The molecule has 0 saturated heterocycles. The van der Waals surface area contributed by atoms with Crippen molar-refractivity contribution in [1.82, 2.24) is 15.0 Å². The van der Waals surface area contributed by atoms with Crippen LogP contribution in [0.1, 0.15) is 11.1 Å². The molecule has 0 spiro atoms. The van der Waals surface area contributed by atoms with Crippen LogP contribution in [-0.4, -0.2) is 15.0 Å². The Balaban J connectivity index is 2.08. The van der Waals surface area contributed by atoms with Crippen molar-refractivity contribution >= 4 is 22.8 Å². The summed E-state index contributed by atoms with van der Waals surface area (Å²) in [7, 11) is 0. The van der Waals surface area contributed by atoms with Crippen LogP contribution in [0.2, 0.25) is 0 Å². The molecule has 0 aliphatic rings. The average Bonchev–Trinajstić information content (AvgIpc) is 2.92. The molecular weight excluding hydrogens is 267 g/mol. The zero-order chi connectivity index (χ0) is 14.8. The Hall–Kier alpha value is -3.00. The first-order chi connectivity index (χ1) is 10.2. The molecule has 0 aliphatic heterocycles. The summed E-state index contributed by atoms with van der Waals surface area (Å²) in [4.78, 5) is 1.16. The van der Waals surface area contributed by atoms with Crippen LogP contribution in [0, 0.1) is 24.1 Å². The first-order valence-electron chi connectivity index (χ1n) is 6.38. The van der Waals surface area contributed by atoms with E-state index < -0.39 is 5.82 Å². The number of fused-ring (bicyclic) bond motifs is 1. The Kier molecular flexibility index (Phi) is 3.20. The normalized spacial score (nSPS) is 11.6. The number of aryl methyl sites for hydroxylation is 1. The van der Waals surface area contributed by atoms with E-state index >= 15 is 0 Å². The molecule has 0 amide bonds. The van der Waals surface area contributed by atoms with E-state index in [0.29, 0.717) is 5.52 Å². The molecule has 1 aromatic heterocycles. The summed E-state index contributed by atoms with van der Waals surface area (Å²) in [6, 6.07) is 14.3. The maximum atomic E-state index is 13.6. The summed E-state index contributed by atoms with van der Waals surface area (Å²) in [6.07, 6.45) is 1.66. The molecule has 0 radical (unpaired) electrons. The summed E-state index contributed by atoms with van der Waals surface area (Å²) in [5.74, 6) is -0.452. The highest BCUT2D eigenvalue weighted by Gasteiger charge is 2.10. The first kappa shape index (κ1) is 13.0. The minimum absolute atomic E-state index is 0.155. The van der Waals surface area contributed by atoms with Gasteiger partial charge in [0.25, 0.3) is 0 Å². The molecule has 0 fully saturated rings. The van der Waals surface area contributed by atoms with Crippen LogP contribution in [0.4, 0.5) is 4.39 Å². The third-order valence-electron chi connectivity index (χ3n) is 3.07. The van der Waals surface area contributed by atoms with Gasteiger partial charge in [0.05, 0.1) is 0 Å². The fourth-order valence-electron chi connectivity index (χ4n) is 1.97. The van der Waals surface area contributed by atoms with Gasteiger partial charge in [-0.25, -0.2) is 4.39 Å². The Morgan fingerprint density at radius 3 is 2.62 bits per heavy atom. The van der Waals surface area contributed by atoms with Crippen molar-refractivity contribution < 1.29 is 4.39 Å². The lowest BCUT2D eigenvalue weighted by Crippen LogP contribution is -1.99. The molecule has 3 rings (SSSR count). The Morgan fingerprint density at radius 1 is 1.19 bits per heavy atom. The zero-order valence-electron chi connectivity index (χ0n) is 11.3. The molecule has 21 heavy (non-hydrogen) atoms. The fourth-order valence-corrected chi connectivity index (χ4v) is 1.97. The lowest BCUT2D eigenvalue weighted by molar-refractivity contribution is 0.634. The number of allylic oxidation sites excluding steroid dienone is 1. The van der Waals surface area contributed by atoms with Crippen LogP contribution in [0.25, 0.3) is 22.8 Å². The highest BCUT2D eigenvalue weighted by molar-refractivity contribution is 5.81. The van der Waals surface area contributed by atoms with Gasteiger partial charge in [0.1, 0.15) is 17.1 Å². The summed E-state index contributed by atoms with van der Waals surface area (Å²) >= 11 is 0. The molecule has 4 nitrogen and oxygen atoms in total. The van der Waals surface area contributed by atoms with Crippen molar-refractivity contribution in [2.24, 2.45) is 0 Å². The number of aromatic nitrogens is 3. The van der Waals surface area contributed by atoms with E-state index in [2.05, 4.69) is 10.2 Å². The Labute approximate surface area is 120 Å². The smallest absolute Gasteiger partial charge is 0.163 e. The standard InChI is InChI=1S/C16H11FN4/c1-11-5-7-12(8-6-11)9-13(10-18)21-19-15-4-2-3-14(17)16(15)20-21/h2-9H,1H3/b13-9+. The quantitative estimate of drug-likeness (QED) is 0.675. The number of nitrogens with zero attached hydrogens (tertiary/aromatic N) is 4. The van der Waals surface area contributed by atoms with Crippen molar-refractivity contribution in [2.45, 2.75) is 6.92 Å². The Bertz CT molecular complexity index is 869. The van der Waals surface area contributed by atoms with Gasteiger partial charge in [0, 0.05) is 0 Å². The predicted octanol–water partition coefficient (Wildman–Crippen LogP) is 3.40. The molecule has 0 N–H and O–H groups in total. The van der Waals surface area contributed by atoms with Gasteiger partial charge in [-0.15, -0.1) is 15.0 Å². The molecule has 2 aromatic carbocycles. The second-order valence-corrected chi connectivity index (χ2v) is 4.65. The van der Waals surface area contributed by atoms with E-state index in [4.69, 9.17) is 0 Å². The zero-order valence-corrected chi connectivity index (χ0v) is 11.3. The topological polar surface area (TPSA) is 54.5 Å². The SMILES string of the molecule is Cc1ccc(/C=C(\C#N)n2nc3cccc(F)c3n2)cc1. The molecule has 0 unspecified atom stereocenters. The van der Waals surface area contributed by atoms with Gasteiger partial charge in [-0.2, -0.15) is 5.26 Å². The van der Waals surface area contributed by atoms with Crippen LogP contribution in [0.15, 0.2) is 42.5 Å². The van der Waals surface area contributed by atoms with E-state index in [9.17, 15) is 9.65 Å². The van der Waals surface area contributed by atoms with Gasteiger partial charge >= 0.3 is 0 Å². The third-order valence-corrected chi connectivity index (χ3v) is 3.07. The molecule has 0 atom stereocenters. The van der Waals surface area contributed by atoms with Gasteiger partial charge in [0.15, 0.2) is 11.5 Å². The summed E-state index contributed by atoms with van der Waals surface area (Å²) in [5.41, 5.74) is 2.80. The van der Waals surface area contributed by atoms with E-state index in [1.807, 2.05) is 37.3 Å². The lowest BCUT2D eigenvalue weighted by atomic mass is 10.1. The largest absolute Gasteiger partial charge is 0.204 e. The second-order valence-electron chi connectivity index (χ2n) is 4.65.